The Balaban J connectivity index is 4.75. The van der Waals surface area contributed by atoms with Crippen molar-refractivity contribution >= 4 is 25.3 Å². The van der Waals surface area contributed by atoms with Crippen LogP contribution in [-0.2, 0) is 0 Å². The van der Waals surface area contributed by atoms with Gasteiger partial charge < -0.3 is 0 Å². The Morgan fingerprint density at radius 3 is 1.09 bits per heavy atom. The van der Waals surface area contributed by atoms with Crippen molar-refractivity contribution in [2.75, 3.05) is 0 Å². The second kappa shape index (κ2) is 2.93. The molecule has 0 atom stereocenters. The molecule has 11 heavy (non-hydrogen) atoms. The van der Waals surface area contributed by atoms with Crippen molar-refractivity contribution in [3.05, 3.63) is 0 Å². The zero-order valence-electron chi connectivity index (χ0n) is 8.88. The molecule has 0 aromatic rings. The molecule has 0 saturated carbocycles. The van der Waals surface area contributed by atoms with Gasteiger partial charge in [-0.2, -0.15) is 0 Å². The summed E-state index contributed by atoms with van der Waals surface area (Å²) < 4.78 is 0. The van der Waals surface area contributed by atoms with Crippen LogP contribution in [0.3, 0.4) is 0 Å². The van der Waals surface area contributed by atoms with Crippen LogP contribution in [0.5, 0.6) is 0 Å². The normalized spacial score (nSPS) is 16.6. The van der Waals surface area contributed by atoms with Crippen molar-refractivity contribution in [2.24, 2.45) is 0 Å². The minimum absolute atomic E-state index is 0.285. The van der Waals surface area contributed by atoms with Crippen molar-refractivity contribution in [1.29, 1.82) is 0 Å². The van der Waals surface area contributed by atoms with Crippen LogP contribution in [-0.4, -0.2) is 17.9 Å². The predicted octanol–water partition coefficient (Wildman–Crippen LogP) is 3.04. The molecule has 0 amide bonds. The first kappa shape index (κ1) is 11.8. The molecule has 0 aliphatic heterocycles. The Kier molecular flexibility index (Phi) is 3.14. The summed E-state index contributed by atoms with van der Waals surface area (Å²) in [6, 6.07) is 0. The molecule has 0 nitrogen and oxygen atoms in total. The Morgan fingerprint density at radius 1 is 0.909 bits per heavy atom. The van der Waals surface area contributed by atoms with Crippen molar-refractivity contribution in [3.8, 4) is 0 Å². The first-order valence-corrected chi connectivity index (χ1v) is 7.70. The molecule has 0 aliphatic rings. The van der Waals surface area contributed by atoms with Crippen molar-refractivity contribution in [3.63, 3.8) is 0 Å². The Morgan fingerprint density at radius 2 is 1.09 bits per heavy atom. The van der Waals surface area contributed by atoms with E-state index in [1.54, 1.807) is 0 Å². The molecule has 0 spiro atoms. The van der Waals surface area contributed by atoms with E-state index in [0.29, 0.717) is 0 Å². The molecular formula is C8H21BClP. The van der Waals surface area contributed by atoms with Crippen LogP contribution in [0, 0.1) is 0 Å². The van der Waals surface area contributed by atoms with Crippen LogP contribution >= 0.6 is 17.7 Å². The average Bonchev–Trinajstić information content (AvgIpc) is 1.58. The first-order valence-electron chi connectivity index (χ1n) is 4.19. The van der Waals surface area contributed by atoms with E-state index in [9.17, 15) is 0 Å². The minimum atomic E-state index is -1.63. The van der Waals surface area contributed by atoms with Gasteiger partial charge in [0.25, 0.3) is 0 Å². The Bertz CT molecular complexity index is 125. The summed E-state index contributed by atoms with van der Waals surface area (Å²) in [6.45, 7) is 11.9. The predicted molar refractivity (Wildman–Crippen MR) is 62.2 cm³/mol. The molecule has 0 N–H and O–H groups in total. The van der Waals surface area contributed by atoms with E-state index >= 15 is 0 Å². The number of hydrogen-bond donors (Lipinski definition) is 0. The van der Waals surface area contributed by atoms with Gasteiger partial charge in [0.1, 0.15) is 0 Å². The topological polar surface area (TPSA) is 0 Å². The molecule has 0 bridgehead atoms. The molecule has 0 aromatic heterocycles. The second-order valence-corrected chi connectivity index (χ2v) is 12.8. The van der Waals surface area contributed by atoms with Crippen molar-refractivity contribution in [2.45, 2.75) is 51.9 Å². The van der Waals surface area contributed by atoms with Crippen LogP contribution in [0.1, 0.15) is 41.5 Å². The average molecular weight is 194 g/mol. The van der Waals surface area contributed by atoms with Gasteiger partial charge in [-0.25, -0.2) is 0 Å². The SMILES string of the molecule is B[PH](Cl)(C(C)(C)C)C(C)(C)C. The number of hydrogen-bond acceptors (Lipinski definition) is 0. The van der Waals surface area contributed by atoms with Gasteiger partial charge in [0, 0.05) is 0 Å². The molecule has 0 radical (unpaired) electrons. The van der Waals surface area contributed by atoms with E-state index in [-0.39, 0.29) is 10.3 Å². The van der Waals surface area contributed by atoms with E-state index in [0.717, 1.165) is 0 Å². The van der Waals surface area contributed by atoms with Gasteiger partial charge in [-0.3, -0.25) is 0 Å². The van der Waals surface area contributed by atoms with Gasteiger partial charge in [-0.15, -0.1) is 0 Å². The molecule has 0 aliphatic carbocycles. The molecule has 3 heteroatoms. The van der Waals surface area contributed by atoms with E-state index < -0.39 is 6.49 Å². The number of halogens is 1. The molecule has 0 saturated heterocycles. The summed E-state index contributed by atoms with van der Waals surface area (Å²) in [5.41, 5.74) is 0. The standard InChI is InChI=1S/C8H21BClP/c1-7(2,3)11(9,10)8(4,5)6/h11H,9H2,1-6H3. The maximum atomic E-state index is 6.63. The van der Waals surface area contributed by atoms with Crippen LogP contribution < -0.4 is 0 Å². The summed E-state index contributed by atoms with van der Waals surface area (Å²) in [6.07, 6.45) is 0. The van der Waals surface area contributed by atoms with Crippen molar-refractivity contribution < 1.29 is 0 Å². The summed E-state index contributed by atoms with van der Waals surface area (Å²) in [5, 5.41) is 0.569. The van der Waals surface area contributed by atoms with E-state index in [2.05, 4.69) is 49.1 Å². The van der Waals surface area contributed by atoms with Gasteiger partial charge in [0.15, 0.2) is 0 Å². The molecule has 68 valence electrons. The zero-order valence-corrected chi connectivity index (χ0v) is 10.6. The van der Waals surface area contributed by atoms with Crippen LogP contribution in [0.25, 0.3) is 0 Å². The molecular weight excluding hydrogens is 173 g/mol. The molecule has 0 heterocycles. The van der Waals surface area contributed by atoms with Crippen molar-refractivity contribution in [1.82, 2.24) is 0 Å². The third-order valence-electron chi connectivity index (χ3n) is 2.82. The maximum absolute atomic E-state index is 6.63. The Hall–Kier alpha value is 0.785. The Labute approximate surface area is 77.6 Å². The van der Waals surface area contributed by atoms with Gasteiger partial charge in [-0.1, -0.05) is 0 Å². The van der Waals surface area contributed by atoms with Gasteiger partial charge in [0.2, 0.25) is 0 Å². The molecule has 0 fully saturated rings. The first-order chi connectivity index (χ1) is 4.50. The monoisotopic (exact) mass is 194 g/mol. The molecule has 0 rings (SSSR count). The van der Waals surface area contributed by atoms with Gasteiger partial charge in [-0.05, 0) is 0 Å². The van der Waals surface area contributed by atoms with Crippen LogP contribution in [0.2, 0.25) is 0 Å². The second-order valence-electron chi connectivity index (χ2n) is 5.50. The van der Waals surface area contributed by atoms with E-state index in [1.807, 2.05) is 0 Å². The van der Waals surface area contributed by atoms with Crippen LogP contribution in [0.4, 0.5) is 0 Å². The molecule has 0 unspecified atom stereocenters. The summed E-state index contributed by atoms with van der Waals surface area (Å²) >= 11 is 6.63. The van der Waals surface area contributed by atoms with Crippen LogP contribution in [0.15, 0.2) is 0 Å². The molecule has 0 aromatic carbocycles. The third kappa shape index (κ3) is 2.36. The summed E-state index contributed by atoms with van der Waals surface area (Å²) in [7, 11) is 2.26. The zero-order chi connectivity index (χ0) is 9.50. The summed E-state index contributed by atoms with van der Waals surface area (Å²) in [4.78, 5) is 0. The van der Waals surface area contributed by atoms with E-state index in [4.69, 9.17) is 11.2 Å². The fourth-order valence-electron chi connectivity index (χ4n) is 1.12. The fourth-order valence-corrected chi connectivity index (χ4v) is 3.38. The number of rotatable bonds is 0. The quantitative estimate of drug-likeness (QED) is 0.411. The third-order valence-corrected chi connectivity index (χ3v) is 11.9. The summed E-state index contributed by atoms with van der Waals surface area (Å²) in [5.74, 6) is 0. The van der Waals surface area contributed by atoms with Gasteiger partial charge >= 0.3 is 77.2 Å². The van der Waals surface area contributed by atoms with E-state index in [1.165, 1.54) is 0 Å². The van der Waals surface area contributed by atoms with Gasteiger partial charge in [0.05, 0.1) is 0 Å². The fraction of sp³-hybridized carbons (Fsp3) is 1.00.